The largest absolute Gasteiger partial charge is 0.384 e. The van der Waals surface area contributed by atoms with Gasteiger partial charge in [0.1, 0.15) is 5.84 Å². The Morgan fingerprint density at radius 3 is 2.30 bits per heavy atom. The van der Waals surface area contributed by atoms with E-state index in [1.54, 1.807) is 30.3 Å². The average Bonchev–Trinajstić information content (AvgIpc) is 2.72. The summed E-state index contributed by atoms with van der Waals surface area (Å²) in [6.45, 7) is 0.380. The first kappa shape index (κ1) is 17.9. The number of nitriles is 1. The first-order chi connectivity index (χ1) is 13.1. The van der Waals surface area contributed by atoms with Crippen molar-refractivity contribution in [3.05, 3.63) is 95.1 Å². The molecule has 0 aliphatic heterocycles. The van der Waals surface area contributed by atoms with Crippen molar-refractivity contribution < 1.29 is 4.79 Å². The van der Waals surface area contributed by atoms with Gasteiger partial charge in [-0.25, -0.2) is 0 Å². The van der Waals surface area contributed by atoms with Gasteiger partial charge in [-0.3, -0.25) is 10.2 Å². The van der Waals surface area contributed by atoms with Gasteiger partial charge in [0.15, 0.2) is 0 Å². The van der Waals surface area contributed by atoms with Crippen LogP contribution in [-0.2, 0) is 6.54 Å². The Kier molecular flexibility index (Phi) is 5.29. The number of amides is 1. The summed E-state index contributed by atoms with van der Waals surface area (Å²) in [4.78, 5) is 12.5. The van der Waals surface area contributed by atoms with Crippen molar-refractivity contribution in [2.24, 2.45) is 5.73 Å². The number of benzene rings is 3. The number of nitrogens with two attached hydrogens (primary N) is 1. The normalized spacial score (nSPS) is 10.0. The van der Waals surface area contributed by atoms with Crippen molar-refractivity contribution in [3.63, 3.8) is 0 Å². The van der Waals surface area contributed by atoms with E-state index < -0.39 is 0 Å². The Balaban J connectivity index is 1.71. The Morgan fingerprint density at radius 2 is 1.63 bits per heavy atom. The zero-order valence-corrected chi connectivity index (χ0v) is 14.6. The summed E-state index contributed by atoms with van der Waals surface area (Å²) >= 11 is 0. The summed E-state index contributed by atoms with van der Waals surface area (Å²) in [6.07, 6.45) is 0. The van der Waals surface area contributed by atoms with E-state index in [9.17, 15) is 4.79 Å². The molecule has 0 aliphatic carbocycles. The standard InChI is InChI=1S/C22H18N4O/c23-13-16-3-1-4-18(11-16)19-5-2-6-20(12-19)22(27)26-14-15-7-9-17(10-8-15)21(24)25/h1-12H,14H2,(H3,24,25)(H,26,27). The van der Waals surface area contributed by atoms with Gasteiger partial charge in [0.2, 0.25) is 0 Å². The molecule has 0 saturated carbocycles. The van der Waals surface area contributed by atoms with Gasteiger partial charge in [0.05, 0.1) is 11.6 Å². The lowest BCUT2D eigenvalue weighted by molar-refractivity contribution is 0.0951. The molecule has 0 unspecified atom stereocenters. The Bertz CT molecular complexity index is 1030. The van der Waals surface area contributed by atoms with Crippen molar-refractivity contribution >= 4 is 11.7 Å². The van der Waals surface area contributed by atoms with Gasteiger partial charge < -0.3 is 11.1 Å². The molecule has 1 amide bonds. The fourth-order valence-electron chi connectivity index (χ4n) is 2.69. The Labute approximate surface area is 157 Å². The number of hydrogen-bond donors (Lipinski definition) is 3. The lowest BCUT2D eigenvalue weighted by Crippen LogP contribution is -2.22. The number of nitrogen functional groups attached to an aromatic ring is 1. The van der Waals surface area contributed by atoms with Gasteiger partial charge in [-0.2, -0.15) is 5.26 Å². The molecule has 5 heteroatoms. The fraction of sp³-hybridized carbons (Fsp3) is 0.0455. The second-order valence-electron chi connectivity index (χ2n) is 6.07. The summed E-state index contributed by atoms with van der Waals surface area (Å²) in [5, 5.41) is 19.3. The lowest BCUT2D eigenvalue weighted by Gasteiger charge is -2.08. The molecular formula is C22H18N4O. The molecule has 5 nitrogen and oxygen atoms in total. The topological polar surface area (TPSA) is 103 Å². The maximum atomic E-state index is 12.5. The fourth-order valence-corrected chi connectivity index (χ4v) is 2.69. The van der Waals surface area contributed by atoms with Crippen LogP contribution in [0, 0.1) is 16.7 Å². The molecule has 0 aromatic heterocycles. The van der Waals surface area contributed by atoms with Crippen molar-refractivity contribution in [2.75, 3.05) is 0 Å². The van der Waals surface area contributed by atoms with Gasteiger partial charge in [-0.15, -0.1) is 0 Å². The summed E-state index contributed by atoms with van der Waals surface area (Å²) in [5.74, 6) is -0.160. The molecule has 0 bridgehead atoms. The average molecular weight is 354 g/mol. The molecule has 0 heterocycles. The van der Waals surface area contributed by atoms with Crippen LogP contribution in [0.2, 0.25) is 0 Å². The summed E-state index contributed by atoms with van der Waals surface area (Å²) in [5.41, 5.74) is 9.91. The number of nitrogens with zero attached hydrogens (tertiary/aromatic N) is 1. The molecule has 0 fully saturated rings. The maximum Gasteiger partial charge on any atom is 0.251 e. The molecule has 3 aromatic rings. The summed E-state index contributed by atoms with van der Waals surface area (Å²) < 4.78 is 0. The van der Waals surface area contributed by atoms with Gasteiger partial charge >= 0.3 is 0 Å². The van der Waals surface area contributed by atoms with E-state index in [1.807, 2.05) is 42.5 Å². The third-order valence-electron chi connectivity index (χ3n) is 4.17. The van der Waals surface area contributed by atoms with Crippen molar-refractivity contribution in [1.29, 1.82) is 10.7 Å². The van der Waals surface area contributed by atoms with Crippen LogP contribution in [0.25, 0.3) is 11.1 Å². The van der Waals surface area contributed by atoms with Crippen LogP contribution in [-0.4, -0.2) is 11.7 Å². The monoisotopic (exact) mass is 354 g/mol. The molecule has 0 aliphatic rings. The Morgan fingerprint density at radius 1 is 0.963 bits per heavy atom. The minimum absolute atomic E-state index is 0.0165. The molecule has 0 atom stereocenters. The SMILES string of the molecule is N#Cc1cccc(-c2cccc(C(=O)NCc3ccc(C(=N)N)cc3)c2)c1. The van der Waals surface area contributed by atoms with Crippen LogP contribution in [0.5, 0.6) is 0 Å². The first-order valence-corrected chi connectivity index (χ1v) is 8.39. The van der Waals surface area contributed by atoms with E-state index >= 15 is 0 Å². The van der Waals surface area contributed by atoms with E-state index in [-0.39, 0.29) is 11.7 Å². The van der Waals surface area contributed by atoms with Crippen molar-refractivity contribution in [2.45, 2.75) is 6.54 Å². The van der Waals surface area contributed by atoms with Crippen molar-refractivity contribution in [1.82, 2.24) is 5.32 Å². The van der Waals surface area contributed by atoms with E-state index in [0.29, 0.717) is 23.2 Å². The van der Waals surface area contributed by atoms with E-state index in [0.717, 1.165) is 16.7 Å². The zero-order chi connectivity index (χ0) is 19.2. The van der Waals surface area contributed by atoms with Crippen LogP contribution < -0.4 is 11.1 Å². The van der Waals surface area contributed by atoms with Crippen LogP contribution in [0.1, 0.15) is 27.0 Å². The summed E-state index contributed by atoms with van der Waals surface area (Å²) in [7, 11) is 0. The molecule has 3 rings (SSSR count). The van der Waals surface area contributed by atoms with Gasteiger partial charge in [-0.1, -0.05) is 48.5 Å². The smallest absolute Gasteiger partial charge is 0.251 e. The zero-order valence-electron chi connectivity index (χ0n) is 14.6. The number of rotatable bonds is 5. The van der Waals surface area contributed by atoms with Gasteiger partial charge in [0.25, 0.3) is 5.91 Å². The first-order valence-electron chi connectivity index (χ1n) is 8.39. The second kappa shape index (κ2) is 7.98. The third kappa shape index (κ3) is 4.39. The molecule has 4 N–H and O–H groups in total. The highest BCUT2D eigenvalue weighted by molar-refractivity contribution is 5.96. The number of carbonyl (C=O) groups excluding carboxylic acids is 1. The molecule has 0 spiro atoms. The molecule has 0 radical (unpaired) electrons. The van der Waals surface area contributed by atoms with Crippen LogP contribution in [0.3, 0.4) is 0 Å². The van der Waals surface area contributed by atoms with Gasteiger partial charge in [0, 0.05) is 17.7 Å². The predicted octanol–water partition coefficient (Wildman–Crippen LogP) is 3.44. The van der Waals surface area contributed by atoms with Crippen LogP contribution >= 0.6 is 0 Å². The van der Waals surface area contributed by atoms with E-state index in [4.69, 9.17) is 16.4 Å². The second-order valence-corrected chi connectivity index (χ2v) is 6.07. The van der Waals surface area contributed by atoms with Crippen molar-refractivity contribution in [3.8, 4) is 17.2 Å². The Hall–Kier alpha value is -3.91. The molecule has 27 heavy (non-hydrogen) atoms. The van der Waals surface area contributed by atoms with Crippen LogP contribution in [0.4, 0.5) is 0 Å². The lowest BCUT2D eigenvalue weighted by atomic mass is 10.0. The highest BCUT2D eigenvalue weighted by atomic mass is 16.1. The third-order valence-corrected chi connectivity index (χ3v) is 4.17. The number of nitrogens with one attached hydrogen (secondary N) is 2. The van der Waals surface area contributed by atoms with E-state index in [2.05, 4.69) is 11.4 Å². The van der Waals surface area contributed by atoms with E-state index in [1.165, 1.54) is 0 Å². The molecule has 132 valence electrons. The van der Waals surface area contributed by atoms with Gasteiger partial charge in [-0.05, 0) is 41.0 Å². The quantitative estimate of drug-likeness (QED) is 0.483. The minimum atomic E-state index is -0.177. The molecule has 0 saturated heterocycles. The van der Waals surface area contributed by atoms with Crippen LogP contribution in [0.15, 0.2) is 72.8 Å². The number of hydrogen-bond acceptors (Lipinski definition) is 3. The molecular weight excluding hydrogens is 336 g/mol. The number of amidine groups is 1. The predicted molar refractivity (Wildman–Crippen MR) is 105 cm³/mol. The maximum absolute atomic E-state index is 12.5. The minimum Gasteiger partial charge on any atom is -0.384 e. The number of carbonyl (C=O) groups is 1. The highest BCUT2D eigenvalue weighted by Gasteiger charge is 2.08. The highest BCUT2D eigenvalue weighted by Crippen LogP contribution is 2.21. The molecule has 3 aromatic carbocycles. The summed E-state index contributed by atoms with van der Waals surface area (Å²) in [6, 6.07) is 23.9.